The number of rotatable bonds is 1. The predicted molar refractivity (Wildman–Crippen MR) is 57.0 cm³/mol. The molecule has 0 radical (unpaired) electrons. The van der Waals surface area contributed by atoms with E-state index in [1.807, 2.05) is 27.9 Å². The topological polar surface area (TPSA) is 37.4 Å². The van der Waals surface area contributed by atoms with Gasteiger partial charge in [0, 0.05) is 33.1 Å². The lowest BCUT2D eigenvalue weighted by molar-refractivity contribution is -0.123. The smallest absolute Gasteiger partial charge is 0.167 e. The second-order valence-electron chi connectivity index (χ2n) is 3.21. The van der Waals surface area contributed by atoms with E-state index in [1.165, 1.54) is 0 Å². The lowest BCUT2D eigenvalue weighted by Crippen LogP contribution is -2.21. The van der Waals surface area contributed by atoms with Gasteiger partial charge < -0.3 is 4.90 Å². The van der Waals surface area contributed by atoms with Crippen molar-refractivity contribution in [2.24, 2.45) is 0 Å². The summed E-state index contributed by atoms with van der Waals surface area (Å²) in [6.45, 7) is 4.00. The Bertz CT molecular complexity index is 224. The van der Waals surface area contributed by atoms with E-state index in [9.17, 15) is 9.59 Å². The third kappa shape index (κ3) is 3.73. The highest BCUT2D eigenvalue weighted by Crippen LogP contribution is 2.16. The molecule has 0 aromatic rings. The van der Waals surface area contributed by atoms with Gasteiger partial charge in [0.15, 0.2) is 11.6 Å². The average Bonchev–Trinajstić information content (AvgIpc) is 2.15. The number of Topliss-reactive ketones (excluding diaryl/α,β-unsaturated/α-hetero) is 2. The van der Waals surface area contributed by atoms with Crippen LogP contribution in [0.1, 0.15) is 33.1 Å². The molecule has 0 aromatic carbocycles. The molecule has 0 aliphatic heterocycles. The van der Waals surface area contributed by atoms with Crippen LogP contribution < -0.4 is 0 Å². The van der Waals surface area contributed by atoms with Crippen LogP contribution in [0.25, 0.3) is 0 Å². The largest absolute Gasteiger partial charge is 0.383 e. The van der Waals surface area contributed by atoms with Gasteiger partial charge in [-0.1, -0.05) is 13.8 Å². The van der Waals surface area contributed by atoms with Crippen molar-refractivity contribution in [2.45, 2.75) is 33.1 Å². The molecule has 0 unspecified atom stereocenters. The summed E-state index contributed by atoms with van der Waals surface area (Å²) in [4.78, 5) is 24.2. The second kappa shape index (κ2) is 6.35. The van der Waals surface area contributed by atoms with Crippen LogP contribution in [-0.4, -0.2) is 30.6 Å². The molecule has 0 amide bonds. The van der Waals surface area contributed by atoms with E-state index in [0.717, 1.165) is 0 Å². The molecule has 3 nitrogen and oxygen atoms in total. The zero-order chi connectivity index (χ0) is 11.1. The SMILES string of the molecule is CC.CN(C)C=C1C(=O)CCCC1=O. The first kappa shape index (κ1) is 12.9. The van der Waals surface area contributed by atoms with E-state index in [0.29, 0.717) is 24.8 Å². The van der Waals surface area contributed by atoms with Gasteiger partial charge in [-0.2, -0.15) is 0 Å². The van der Waals surface area contributed by atoms with Gasteiger partial charge in [-0.3, -0.25) is 9.59 Å². The van der Waals surface area contributed by atoms with Crippen molar-refractivity contribution in [3.05, 3.63) is 11.8 Å². The fraction of sp³-hybridized carbons (Fsp3) is 0.636. The summed E-state index contributed by atoms with van der Waals surface area (Å²) in [5.74, 6) is -0.0279. The molecule has 80 valence electrons. The Labute approximate surface area is 85.8 Å². The Hall–Kier alpha value is -1.12. The van der Waals surface area contributed by atoms with Gasteiger partial charge >= 0.3 is 0 Å². The van der Waals surface area contributed by atoms with E-state index in [-0.39, 0.29) is 11.6 Å². The first-order chi connectivity index (χ1) is 6.61. The Balaban J connectivity index is 0.000000791. The first-order valence-corrected chi connectivity index (χ1v) is 5.06. The van der Waals surface area contributed by atoms with Crippen LogP contribution in [0.2, 0.25) is 0 Å². The zero-order valence-corrected chi connectivity index (χ0v) is 9.46. The van der Waals surface area contributed by atoms with Crippen molar-refractivity contribution in [3.63, 3.8) is 0 Å². The van der Waals surface area contributed by atoms with Gasteiger partial charge in [0.2, 0.25) is 0 Å². The van der Waals surface area contributed by atoms with E-state index in [1.54, 1.807) is 11.1 Å². The molecule has 14 heavy (non-hydrogen) atoms. The number of hydrogen-bond donors (Lipinski definition) is 0. The molecule has 0 N–H and O–H groups in total. The molecule has 0 saturated heterocycles. The predicted octanol–water partition coefficient (Wildman–Crippen LogP) is 1.78. The number of ketones is 2. The van der Waals surface area contributed by atoms with Gasteiger partial charge in [-0.25, -0.2) is 0 Å². The van der Waals surface area contributed by atoms with Gasteiger partial charge in [-0.05, 0) is 6.42 Å². The Kier molecular flexibility index (Phi) is 5.84. The molecule has 0 heterocycles. The number of nitrogens with zero attached hydrogens (tertiary/aromatic N) is 1. The fourth-order valence-corrected chi connectivity index (χ4v) is 1.24. The molecule has 1 rings (SSSR count). The van der Waals surface area contributed by atoms with Crippen LogP contribution in [-0.2, 0) is 9.59 Å². The van der Waals surface area contributed by atoms with Crippen molar-refractivity contribution < 1.29 is 9.59 Å². The van der Waals surface area contributed by atoms with Crippen LogP contribution in [0, 0.1) is 0 Å². The van der Waals surface area contributed by atoms with Gasteiger partial charge in [0.05, 0.1) is 5.57 Å². The molecular formula is C11H19NO2. The Morgan fingerprint density at radius 3 is 1.86 bits per heavy atom. The minimum absolute atomic E-state index is 0.0139. The maximum Gasteiger partial charge on any atom is 0.167 e. The molecular weight excluding hydrogens is 178 g/mol. The van der Waals surface area contributed by atoms with Crippen molar-refractivity contribution in [3.8, 4) is 0 Å². The molecule has 0 aromatic heterocycles. The van der Waals surface area contributed by atoms with Crippen molar-refractivity contribution in [2.75, 3.05) is 14.1 Å². The quantitative estimate of drug-likeness (QED) is 0.475. The van der Waals surface area contributed by atoms with Crippen LogP contribution in [0.15, 0.2) is 11.8 Å². The maximum atomic E-state index is 11.2. The highest BCUT2D eigenvalue weighted by atomic mass is 16.1. The maximum absolute atomic E-state index is 11.2. The molecule has 1 saturated carbocycles. The van der Waals surface area contributed by atoms with Crippen LogP contribution in [0.5, 0.6) is 0 Å². The molecule has 0 bridgehead atoms. The normalized spacial score (nSPS) is 15.9. The minimum atomic E-state index is -0.0139. The first-order valence-electron chi connectivity index (χ1n) is 5.06. The lowest BCUT2D eigenvalue weighted by Gasteiger charge is -2.13. The van der Waals surface area contributed by atoms with Crippen molar-refractivity contribution >= 4 is 11.6 Å². The summed E-state index contributed by atoms with van der Waals surface area (Å²) in [5.41, 5.74) is 0.367. The number of hydrogen-bond acceptors (Lipinski definition) is 3. The fourth-order valence-electron chi connectivity index (χ4n) is 1.24. The molecule has 1 aliphatic rings. The lowest BCUT2D eigenvalue weighted by atomic mass is 9.93. The second-order valence-corrected chi connectivity index (χ2v) is 3.21. The summed E-state index contributed by atoms with van der Waals surface area (Å²) >= 11 is 0. The van der Waals surface area contributed by atoms with Gasteiger partial charge in [0.25, 0.3) is 0 Å². The van der Waals surface area contributed by atoms with Crippen molar-refractivity contribution in [1.29, 1.82) is 0 Å². The van der Waals surface area contributed by atoms with Crippen LogP contribution in [0.3, 0.4) is 0 Å². The van der Waals surface area contributed by atoms with E-state index >= 15 is 0 Å². The minimum Gasteiger partial charge on any atom is -0.383 e. The molecule has 3 heteroatoms. The number of carbonyl (C=O) groups is 2. The van der Waals surface area contributed by atoms with Gasteiger partial charge in [0.1, 0.15) is 0 Å². The van der Waals surface area contributed by atoms with Crippen LogP contribution in [0.4, 0.5) is 0 Å². The summed E-state index contributed by atoms with van der Waals surface area (Å²) in [7, 11) is 3.62. The van der Waals surface area contributed by atoms with Gasteiger partial charge in [-0.15, -0.1) is 0 Å². The Morgan fingerprint density at radius 2 is 1.50 bits per heavy atom. The summed E-state index contributed by atoms with van der Waals surface area (Å²) in [5, 5.41) is 0. The van der Waals surface area contributed by atoms with Crippen molar-refractivity contribution in [1.82, 2.24) is 4.90 Å². The number of carbonyl (C=O) groups excluding carboxylic acids is 2. The summed E-state index contributed by atoms with van der Waals surface area (Å²) in [6.07, 6.45) is 3.36. The molecule has 1 fully saturated rings. The zero-order valence-electron chi connectivity index (χ0n) is 9.46. The number of allylic oxidation sites excluding steroid dienone is 1. The van der Waals surface area contributed by atoms with E-state index in [4.69, 9.17) is 0 Å². The standard InChI is InChI=1S/C9H13NO2.C2H6/c1-10(2)6-7-8(11)4-3-5-9(7)12;1-2/h6H,3-5H2,1-2H3;1-2H3. The average molecular weight is 197 g/mol. The third-order valence-electron chi connectivity index (χ3n) is 1.80. The van der Waals surface area contributed by atoms with E-state index < -0.39 is 0 Å². The highest BCUT2D eigenvalue weighted by molar-refractivity contribution is 6.21. The van der Waals surface area contributed by atoms with E-state index in [2.05, 4.69) is 0 Å². The monoisotopic (exact) mass is 197 g/mol. The van der Waals surface area contributed by atoms with Crippen LogP contribution >= 0.6 is 0 Å². The summed E-state index contributed by atoms with van der Waals surface area (Å²) < 4.78 is 0. The Morgan fingerprint density at radius 1 is 1.07 bits per heavy atom. The third-order valence-corrected chi connectivity index (χ3v) is 1.80. The highest BCUT2D eigenvalue weighted by Gasteiger charge is 2.22. The summed E-state index contributed by atoms with van der Waals surface area (Å²) in [6, 6.07) is 0. The molecule has 0 atom stereocenters. The molecule has 1 aliphatic carbocycles. The molecule has 0 spiro atoms.